The van der Waals surface area contributed by atoms with Crippen molar-refractivity contribution in [3.63, 3.8) is 0 Å². The molecule has 5 N–H and O–H groups in total. The summed E-state index contributed by atoms with van der Waals surface area (Å²) in [6, 6.07) is 0.826. The Balaban J connectivity index is 1.53. The van der Waals surface area contributed by atoms with Crippen LogP contribution >= 0.6 is 0 Å². The van der Waals surface area contributed by atoms with Crippen LogP contribution in [0.15, 0.2) is 41.1 Å². The molecule has 0 bridgehead atoms. The zero-order valence-electron chi connectivity index (χ0n) is 20.6. The van der Waals surface area contributed by atoms with E-state index in [1.165, 1.54) is 19.4 Å². The van der Waals surface area contributed by atoms with Crippen LogP contribution in [0.4, 0.5) is 8.78 Å². The third-order valence-electron chi connectivity index (χ3n) is 6.10. The maximum Gasteiger partial charge on any atom is 0.339 e. The minimum absolute atomic E-state index is 0.112. The zero-order chi connectivity index (χ0) is 27.8. The first-order valence-electron chi connectivity index (χ1n) is 11.7. The van der Waals surface area contributed by atoms with E-state index in [0.717, 1.165) is 30.0 Å². The lowest BCUT2D eigenvalue weighted by atomic mass is 9.98. The van der Waals surface area contributed by atoms with Crippen molar-refractivity contribution in [2.45, 2.75) is 18.9 Å². The van der Waals surface area contributed by atoms with Gasteiger partial charge >= 0.3 is 11.9 Å². The van der Waals surface area contributed by atoms with Crippen LogP contribution in [0.25, 0.3) is 0 Å². The number of hydrazine groups is 1. The number of carboxylic acid groups (broad SMARTS) is 2. The summed E-state index contributed by atoms with van der Waals surface area (Å²) in [4.78, 5) is 40.8. The maximum atomic E-state index is 13.6. The van der Waals surface area contributed by atoms with Crippen LogP contribution in [-0.2, 0) is 14.4 Å². The normalized spacial score (nSPS) is 18.7. The minimum Gasteiger partial charge on any atom is -0.493 e. The molecule has 0 aromatic heterocycles. The molecule has 3 rings (SSSR count). The number of aliphatic carboxylic acids is 2. The van der Waals surface area contributed by atoms with Crippen molar-refractivity contribution < 1.29 is 42.9 Å². The number of hydrogen-bond acceptors (Lipinski definition) is 9. The highest BCUT2D eigenvalue weighted by Gasteiger charge is 2.32. The van der Waals surface area contributed by atoms with Gasteiger partial charge in [0, 0.05) is 37.5 Å². The van der Waals surface area contributed by atoms with Crippen molar-refractivity contribution in [3.8, 4) is 11.5 Å². The molecular weight excluding hydrogens is 508 g/mol. The Labute approximate surface area is 217 Å². The molecule has 1 atom stereocenters. The minimum atomic E-state index is -1.53. The number of hydrogen-bond donors (Lipinski definition) is 4. The van der Waals surface area contributed by atoms with Crippen LogP contribution in [0, 0.1) is 17.6 Å². The van der Waals surface area contributed by atoms with Gasteiger partial charge in [-0.1, -0.05) is 0 Å². The van der Waals surface area contributed by atoms with Gasteiger partial charge in [-0.2, -0.15) is 0 Å². The SMILES string of the molecule is COc1cc(F)c(F)cc1OCC1CCN(CCNN2C(/C(=C/C(=O)O)C(=O)O)=NC=CC2C(N)=O)CC1. The average molecular weight is 538 g/mol. The van der Waals surface area contributed by atoms with Gasteiger partial charge in [-0.15, -0.1) is 0 Å². The molecule has 0 saturated carbocycles. The summed E-state index contributed by atoms with van der Waals surface area (Å²) in [5, 5.41) is 19.7. The fourth-order valence-electron chi connectivity index (χ4n) is 4.11. The number of amidine groups is 1. The highest BCUT2D eigenvalue weighted by atomic mass is 19.2. The van der Waals surface area contributed by atoms with Crippen LogP contribution in [-0.4, -0.2) is 89.7 Å². The summed E-state index contributed by atoms with van der Waals surface area (Å²) in [6.45, 7) is 2.54. The lowest BCUT2D eigenvalue weighted by Crippen LogP contribution is -2.57. The number of carboxylic acids is 2. The Bertz CT molecular complexity index is 1150. The summed E-state index contributed by atoms with van der Waals surface area (Å²) < 4.78 is 37.7. The first kappa shape index (κ1) is 28.5. The molecule has 1 unspecified atom stereocenters. The number of nitrogens with zero attached hydrogens (tertiary/aromatic N) is 3. The van der Waals surface area contributed by atoms with Gasteiger partial charge in [0.2, 0.25) is 5.91 Å². The maximum absolute atomic E-state index is 13.6. The predicted octanol–water partition coefficient (Wildman–Crippen LogP) is 0.746. The molecule has 2 aliphatic rings. The Morgan fingerprint density at radius 3 is 2.42 bits per heavy atom. The Morgan fingerprint density at radius 1 is 1.18 bits per heavy atom. The van der Waals surface area contributed by atoms with Gasteiger partial charge < -0.3 is 30.3 Å². The third kappa shape index (κ3) is 7.26. The van der Waals surface area contributed by atoms with E-state index in [1.807, 2.05) is 0 Å². The Kier molecular flexibility index (Phi) is 9.73. The number of benzene rings is 1. The van der Waals surface area contributed by atoms with E-state index in [4.69, 9.17) is 20.3 Å². The number of likely N-dealkylation sites (tertiary alicyclic amines) is 1. The number of carbonyl (C=O) groups excluding carboxylic acids is 1. The van der Waals surface area contributed by atoms with Crippen LogP contribution in [0.5, 0.6) is 11.5 Å². The summed E-state index contributed by atoms with van der Waals surface area (Å²) in [5.41, 5.74) is 7.79. The number of methoxy groups -OCH3 is 1. The van der Waals surface area contributed by atoms with Gasteiger partial charge in [0.25, 0.3) is 0 Å². The number of piperidine rings is 1. The van der Waals surface area contributed by atoms with Crippen LogP contribution in [0.2, 0.25) is 0 Å². The van der Waals surface area contributed by atoms with E-state index >= 15 is 0 Å². The quantitative estimate of drug-likeness (QED) is 0.279. The lowest BCUT2D eigenvalue weighted by molar-refractivity contribution is -0.134. The van der Waals surface area contributed by atoms with E-state index in [0.29, 0.717) is 32.3 Å². The van der Waals surface area contributed by atoms with E-state index in [2.05, 4.69) is 15.3 Å². The first-order chi connectivity index (χ1) is 18.1. The third-order valence-corrected chi connectivity index (χ3v) is 6.10. The van der Waals surface area contributed by atoms with Gasteiger partial charge in [-0.3, -0.25) is 9.80 Å². The lowest BCUT2D eigenvalue weighted by Gasteiger charge is -2.35. The number of amides is 1. The van der Waals surface area contributed by atoms with Crippen molar-refractivity contribution in [3.05, 3.63) is 47.7 Å². The molecule has 206 valence electrons. The number of nitrogens with one attached hydrogen (secondary N) is 1. The molecule has 14 heteroatoms. The van der Waals surface area contributed by atoms with Crippen molar-refractivity contribution in [1.29, 1.82) is 0 Å². The summed E-state index contributed by atoms with van der Waals surface area (Å²) in [6.07, 6.45) is 4.62. The second-order valence-electron chi connectivity index (χ2n) is 8.63. The molecule has 12 nitrogen and oxygen atoms in total. The smallest absolute Gasteiger partial charge is 0.339 e. The number of ether oxygens (including phenoxy) is 2. The summed E-state index contributed by atoms with van der Waals surface area (Å²) in [5.74, 6) is -5.65. The van der Waals surface area contributed by atoms with Crippen molar-refractivity contribution in [1.82, 2.24) is 15.3 Å². The van der Waals surface area contributed by atoms with E-state index in [-0.39, 0.29) is 29.8 Å². The number of aliphatic imine (C=N–C) groups is 1. The average Bonchev–Trinajstić information content (AvgIpc) is 2.88. The molecule has 2 heterocycles. The predicted molar refractivity (Wildman–Crippen MR) is 130 cm³/mol. The van der Waals surface area contributed by atoms with Crippen LogP contribution in [0.3, 0.4) is 0 Å². The fraction of sp³-hybridized carbons (Fsp3) is 0.417. The molecule has 38 heavy (non-hydrogen) atoms. The molecule has 1 aromatic carbocycles. The molecular formula is C24H29F2N5O7. The molecule has 0 spiro atoms. The molecule has 0 radical (unpaired) electrons. The topological polar surface area (TPSA) is 167 Å². The standard InChI is InChI=1S/C24H29F2N5O7/c1-37-19-11-16(25)17(26)12-20(19)38-13-14-3-7-30(8-4-14)9-6-29-31-18(22(27)34)2-5-28-23(31)15(24(35)36)10-21(32)33/h2,5,10-12,14,18,29H,3-4,6-9,13H2,1H3,(H2,27,34)(H,32,33)(H,35,36)/b15-10-. The first-order valence-corrected chi connectivity index (χ1v) is 11.7. The number of nitrogens with two attached hydrogens (primary N) is 1. The van der Waals surface area contributed by atoms with E-state index in [9.17, 15) is 28.3 Å². The van der Waals surface area contributed by atoms with Gasteiger partial charge in [-0.05, 0) is 37.9 Å². The Hall–Kier alpha value is -4.04. The van der Waals surface area contributed by atoms with E-state index in [1.54, 1.807) is 0 Å². The number of primary amides is 1. The molecule has 1 fully saturated rings. The highest BCUT2D eigenvalue weighted by Crippen LogP contribution is 2.30. The molecule has 0 aliphatic carbocycles. The molecule has 1 saturated heterocycles. The van der Waals surface area contributed by atoms with Gasteiger partial charge in [0.15, 0.2) is 29.0 Å². The number of rotatable bonds is 12. The molecule has 2 aliphatic heterocycles. The van der Waals surface area contributed by atoms with Gasteiger partial charge in [-0.25, -0.2) is 28.8 Å². The monoisotopic (exact) mass is 537 g/mol. The zero-order valence-corrected chi connectivity index (χ0v) is 20.6. The van der Waals surface area contributed by atoms with Crippen molar-refractivity contribution >= 4 is 23.7 Å². The molecule has 1 aromatic rings. The van der Waals surface area contributed by atoms with E-state index < -0.39 is 41.1 Å². The second kappa shape index (κ2) is 13.0. The molecule has 1 amide bonds. The van der Waals surface area contributed by atoms with Crippen LogP contribution < -0.4 is 20.6 Å². The van der Waals surface area contributed by atoms with Crippen molar-refractivity contribution in [2.24, 2.45) is 16.6 Å². The summed E-state index contributed by atoms with van der Waals surface area (Å²) in [7, 11) is 1.34. The summed E-state index contributed by atoms with van der Waals surface area (Å²) >= 11 is 0. The number of halogens is 2. The van der Waals surface area contributed by atoms with Crippen molar-refractivity contribution in [2.75, 3.05) is 39.9 Å². The second-order valence-corrected chi connectivity index (χ2v) is 8.63. The highest BCUT2D eigenvalue weighted by molar-refractivity contribution is 6.21. The van der Waals surface area contributed by atoms with Gasteiger partial charge in [0.1, 0.15) is 11.6 Å². The van der Waals surface area contributed by atoms with Gasteiger partial charge in [0.05, 0.1) is 13.7 Å². The largest absolute Gasteiger partial charge is 0.493 e. The Morgan fingerprint density at radius 2 is 1.84 bits per heavy atom. The fourth-order valence-corrected chi connectivity index (χ4v) is 4.11. The number of carbonyl (C=O) groups is 3. The van der Waals surface area contributed by atoms with Crippen LogP contribution in [0.1, 0.15) is 12.8 Å².